The van der Waals surface area contributed by atoms with Gasteiger partial charge in [-0.1, -0.05) is 0 Å². The van der Waals surface area contributed by atoms with Crippen molar-refractivity contribution in [1.82, 2.24) is 10.2 Å². The van der Waals surface area contributed by atoms with E-state index in [-0.39, 0.29) is 12.6 Å². The quantitative estimate of drug-likeness (QED) is 0.574. The summed E-state index contributed by atoms with van der Waals surface area (Å²) in [6, 6.07) is -0.377. The Morgan fingerprint density at radius 3 is 2.35 bits per heavy atom. The Morgan fingerprint density at radius 1 is 1.35 bits per heavy atom. The van der Waals surface area contributed by atoms with Gasteiger partial charge in [-0.05, 0) is 27.7 Å². The van der Waals surface area contributed by atoms with E-state index < -0.39 is 11.5 Å². The van der Waals surface area contributed by atoms with Gasteiger partial charge in [0.15, 0.2) is 0 Å². The van der Waals surface area contributed by atoms with Gasteiger partial charge in [0.05, 0.1) is 0 Å². The molecule has 2 N–H and O–H groups in total. The van der Waals surface area contributed by atoms with Crippen molar-refractivity contribution in [1.29, 1.82) is 0 Å². The lowest BCUT2D eigenvalue weighted by Crippen LogP contribution is -2.52. The first kappa shape index (κ1) is 15.3. The fraction of sp³-hybridized carbons (Fsp3) is 0.667. The first-order valence-electron chi connectivity index (χ1n) is 5.46. The van der Waals surface area contributed by atoms with Crippen molar-refractivity contribution in [3.63, 3.8) is 0 Å². The highest BCUT2D eigenvalue weighted by Gasteiger charge is 2.27. The molecule has 0 spiro atoms. The fourth-order valence-electron chi connectivity index (χ4n) is 1.20. The van der Waals surface area contributed by atoms with Crippen LogP contribution in [0.1, 0.15) is 34.1 Å². The van der Waals surface area contributed by atoms with Gasteiger partial charge in [-0.25, -0.2) is 4.79 Å². The van der Waals surface area contributed by atoms with Gasteiger partial charge in [-0.15, -0.1) is 11.8 Å². The van der Waals surface area contributed by atoms with Gasteiger partial charge in [0.1, 0.15) is 6.54 Å². The van der Waals surface area contributed by atoms with Gasteiger partial charge in [-0.2, -0.15) is 0 Å². The molecule has 5 heteroatoms. The normalized spacial score (nSPS) is 10.1. The summed E-state index contributed by atoms with van der Waals surface area (Å²) in [5.74, 6) is 4.52. The third-order valence-electron chi connectivity index (χ3n) is 2.05. The first-order valence-corrected chi connectivity index (χ1v) is 5.46. The van der Waals surface area contributed by atoms with E-state index in [1.165, 1.54) is 4.90 Å². The molecule has 0 aliphatic carbocycles. The van der Waals surface area contributed by atoms with E-state index in [9.17, 15) is 9.59 Å². The third kappa shape index (κ3) is 6.46. The van der Waals surface area contributed by atoms with Crippen LogP contribution in [0.4, 0.5) is 4.79 Å². The van der Waals surface area contributed by atoms with Crippen molar-refractivity contribution >= 4 is 12.0 Å². The molecular formula is C12H20N2O3. The second-order valence-corrected chi connectivity index (χ2v) is 4.56. The molecule has 0 rings (SSSR count). The van der Waals surface area contributed by atoms with E-state index in [1.807, 2.05) is 0 Å². The molecule has 0 aliphatic heterocycles. The smallest absolute Gasteiger partial charge is 0.323 e. The molecule has 0 radical (unpaired) electrons. The molecule has 96 valence electrons. The molecule has 0 aromatic carbocycles. The van der Waals surface area contributed by atoms with E-state index >= 15 is 0 Å². The van der Waals surface area contributed by atoms with Crippen LogP contribution < -0.4 is 5.32 Å². The largest absolute Gasteiger partial charge is 0.480 e. The van der Waals surface area contributed by atoms with Gasteiger partial charge in [0, 0.05) is 18.5 Å². The predicted molar refractivity (Wildman–Crippen MR) is 65.6 cm³/mol. The average molecular weight is 240 g/mol. The Kier molecular flexibility index (Phi) is 6.11. The second-order valence-electron chi connectivity index (χ2n) is 4.56. The number of hydrogen-bond donors (Lipinski definition) is 2. The summed E-state index contributed by atoms with van der Waals surface area (Å²) in [5.41, 5.74) is -0.529. The van der Waals surface area contributed by atoms with Crippen molar-refractivity contribution in [2.24, 2.45) is 0 Å². The molecule has 0 aromatic heterocycles. The topological polar surface area (TPSA) is 69.6 Å². The van der Waals surface area contributed by atoms with Crippen LogP contribution in [0.15, 0.2) is 0 Å². The molecule has 0 aliphatic rings. The van der Waals surface area contributed by atoms with E-state index in [2.05, 4.69) is 17.2 Å². The van der Waals surface area contributed by atoms with Crippen LogP contribution in [0, 0.1) is 11.8 Å². The van der Waals surface area contributed by atoms with Crippen LogP contribution in [0.2, 0.25) is 0 Å². The monoisotopic (exact) mass is 240 g/mol. The van der Waals surface area contributed by atoms with Crippen LogP contribution in [-0.4, -0.2) is 40.6 Å². The maximum atomic E-state index is 11.8. The second kappa shape index (κ2) is 6.79. The van der Waals surface area contributed by atoms with Gasteiger partial charge in [-0.3, -0.25) is 4.79 Å². The molecule has 0 atom stereocenters. The van der Waals surface area contributed by atoms with E-state index in [1.54, 1.807) is 27.7 Å². The van der Waals surface area contributed by atoms with Crippen LogP contribution in [0.25, 0.3) is 0 Å². The van der Waals surface area contributed by atoms with Gasteiger partial charge >= 0.3 is 12.0 Å². The Labute approximate surface area is 102 Å². The van der Waals surface area contributed by atoms with Crippen LogP contribution >= 0.6 is 0 Å². The number of nitrogens with one attached hydrogen (secondary N) is 1. The number of nitrogens with zero attached hydrogens (tertiary/aromatic N) is 1. The Bertz CT molecular complexity index is 334. The zero-order valence-electron chi connectivity index (χ0n) is 10.8. The van der Waals surface area contributed by atoms with Crippen LogP contribution in [-0.2, 0) is 4.79 Å². The molecular weight excluding hydrogens is 220 g/mol. The van der Waals surface area contributed by atoms with Crippen LogP contribution in [0.5, 0.6) is 0 Å². The predicted octanol–water partition coefficient (Wildman–Crippen LogP) is 1.29. The number of aliphatic carboxylic acids is 1. The molecule has 0 aromatic rings. The summed E-state index contributed by atoms with van der Waals surface area (Å²) < 4.78 is 0. The van der Waals surface area contributed by atoms with Crippen molar-refractivity contribution in [3.8, 4) is 11.8 Å². The molecule has 17 heavy (non-hydrogen) atoms. The summed E-state index contributed by atoms with van der Waals surface area (Å²) >= 11 is 0. The number of carbonyl (C=O) groups excluding carboxylic acids is 1. The molecule has 0 fully saturated rings. The number of urea groups is 1. The van der Waals surface area contributed by atoms with E-state index in [4.69, 9.17) is 5.11 Å². The van der Waals surface area contributed by atoms with Crippen molar-refractivity contribution in [2.75, 3.05) is 13.1 Å². The van der Waals surface area contributed by atoms with Crippen molar-refractivity contribution < 1.29 is 14.7 Å². The lowest BCUT2D eigenvalue weighted by molar-refractivity contribution is -0.138. The molecule has 5 nitrogen and oxygen atoms in total. The summed E-state index contributed by atoms with van der Waals surface area (Å²) in [5, 5.41) is 11.4. The zero-order valence-corrected chi connectivity index (χ0v) is 10.8. The van der Waals surface area contributed by atoms with Gasteiger partial charge < -0.3 is 15.3 Å². The van der Waals surface area contributed by atoms with Gasteiger partial charge in [0.25, 0.3) is 0 Å². The zero-order chi connectivity index (χ0) is 13.5. The number of carbonyl (C=O) groups is 2. The molecule has 0 heterocycles. The van der Waals surface area contributed by atoms with E-state index in [0.29, 0.717) is 13.0 Å². The summed E-state index contributed by atoms with van der Waals surface area (Å²) in [7, 11) is 0. The molecule has 0 saturated heterocycles. The fourth-order valence-corrected chi connectivity index (χ4v) is 1.20. The minimum absolute atomic E-state index is 0.311. The van der Waals surface area contributed by atoms with Crippen molar-refractivity contribution in [3.05, 3.63) is 0 Å². The standard InChI is InChI=1S/C12H20N2O3/c1-5-6-7-8-13-11(17)14(9-10(15)16)12(2,3)4/h7-9H2,1-4H3,(H,13,17)(H,15,16). The lowest BCUT2D eigenvalue weighted by atomic mass is 10.1. The third-order valence-corrected chi connectivity index (χ3v) is 2.05. The lowest BCUT2D eigenvalue weighted by Gasteiger charge is -2.34. The summed E-state index contributed by atoms with van der Waals surface area (Å²) in [6.07, 6.45) is 0.563. The minimum atomic E-state index is -1.02. The molecule has 0 saturated carbocycles. The number of amides is 2. The Hall–Kier alpha value is -1.70. The summed E-state index contributed by atoms with van der Waals surface area (Å²) in [6.45, 7) is 7.22. The highest BCUT2D eigenvalue weighted by Crippen LogP contribution is 2.12. The minimum Gasteiger partial charge on any atom is -0.480 e. The van der Waals surface area contributed by atoms with Crippen molar-refractivity contribution in [2.45, 2.75) is 39.7 Å². The number of hydrogen-bond acceptors (Lipinski definition) is 2. The maximum absolute atomic E-state index is 11.8. The number of carboxylic acid groups (broad SMARTS) is 1. The highest BCUT2D eigenvalue weighted by atomic mass is 16.4. The summed E-state index contributed by atoms with van der Waals surface area (Å²) in [4.78, 5) is 23.8. The first-order chi connectivity index (χ1) is 7.79. The number of rotatable bonds is 4. The van der Waals surface area contributed by atoms with E-state index in [0.717, 1.165) is 0 Å². The number of carboxylic acids is 1. The highest BCUT2D eigenvalue weighted by molar-refractivity contribution is 5.80. The molecule has 2 amide bonds. The SMILES string of the molecule is CC#CCCNC(=O)N(CC(=O)O)C(C)(C)C. The Balaban J connectivity index is 4.42. The van der Waals surface area contributed by atoms with Crippen LogP contribution in [0.3, 0.4) is 0 Å². The molecule has 0 unspecified atom stereocenters. The average Bonchev–Trinajstić information content (AvgIpc) is 2.19. The van der Waals surface area contributed by atoms with Gasteiger partial charge in [0.2, 0.25) is 0 Å². The Morgan fingerprint density at radius 2 is 1.94 bits per heavy atom. The molecule has 0 bridgehead atoms. The maximum Gasteiger partial charge on any atom is 0.323 e.